The summed E-state index contributed by atoms with van der Waals surface area (Å²) in [5.41, 5.74) is 6.03. The number of nitrogens with zero attached hydrogens (tertiary/aromatic N) is 2. The van der Waals surface area contributed by atoms with Crippen molar-refractivity contribution in [1.29, 1.82) is 0 Å². The standard InChI is InChI=1S/C14H22N4O2/c1-17-6-7-18(2)10(9-17)8-16-14(20)11-4-3-5-12(15)13(11)19/h3-5,10,19H,6-9,15H2,1-2H3,(H,16,20). The van der Waals surface area contributed by atoms with Gasteiger partial charge in [0.1, 0.15) is 0 Å². The number of anilines is 1. The normalized spacial score (nSPS) is 20.8. The highest BCUT2D eigenvalue weighted by atomic mass is 16.3. The van der Waals surface area contributed by atoms with Crippen molar-refractivity contribution in [1.82, 2.24) is 15.1 Å². The van der Waals surface area contributed by atoms with Gasteiger partial charge in [0.25, 0.3) is 5.91 Å². The number of nitrogen functional groups attached to an aromatic ring is 1. The number of nitrogens with two attached hydrogens (primary N) is 1. The predicted octanol–water partition coefficient (Wildman–Crippen LogP) is -0.0500. The van der Waals surface area contributed by atoms with Crippen LogP contribution in [0.25, 0.3) is 0 Å². The lowest BCUT2D eigenvalue weighted by Crippen LogP contribution is -2.54. The van der Waals surface area contributed by atoms with Gasteiger partial charge in [0.2, 0.25) is 0 Å². The van der Waals surface area contributed by atoms with E-state index in [0.29, 0.717) is 6.54 Å². The van der Waals surface area contributed by atoms with Gasteiger partial charge < -0.3 is 21.1 Å². The maximum atomic E-state index is 12.1. The second-order valence-electron chi connectivity index (χ2n) is 5.35. The van der Waals surface area contributed by atoms with Crippen LogP contribution in [0, 0.1) is 0 Å². The van der Waals surface area contributed by atoms with Gasteiger partial charge in [-0.05, 0) is 26.2 Å². The Hall–Kier alpha value is -1.79. The summed E-state index contributed by atoms with van der Waals surface area (Å²) in [4.78, 5) is 16.6. The number of rotatable bonds is 3. The van der Waals surface area contributed by atoms with E-state index in [2.05, 4.69) is 29.2 Å². The number of aromatic hydroxyl groups is 1. The van der Waals surface area contributed by atoms with E-state index in [1.165, 1.54) is 0 Å². The average Bonchev–Trinajstić information content (AvgIpc) is 2.42. The summed E-state index contributed by atoms with van der Waals surface area (Å²) in [7, 11) is 4.13. The summed E-state index contributed by atoms with van der Waals surface area (Å²) in [6.45, 7) is 3.49. The molecule has 1 unspecified atom stereocenters. The second kappa shape index (κ2) is 6.11. The van der Waals surface area contributed by atoms with Gasteiger partial charge in [0.15, 0.2) is 5.75 Å². The van der Waals surface area contributed by atoms with Crippen molar-refractivity contribution < 1.29 is 9.90 Å². The van der Waals surface area contributed by atoms with Crippen LogP contribution in [0.3, 0.4) is 0 Å². The average molecular weight is 278 g/mol. The summed E-state index contributed by atoms with van der Waals surface area (Å²) in [6, 6.07) is 5.07. The molecule has 1 aromatic rings. The number of amides is 1. The minimum atomic E-state index is -0.295. The van der Waals surface area contributed by atoms with Crippen molar-refractivity contribution in [2.24, 2.45) is 0 Å². The molecule has 2 rings (SSSR count). The van der Waals surface area contributed by atoms with Crippen LogP contribution in [0.5, 0.6) is 5.75 Å². The lowest BCUT2D eigenvalue weighted by molar-refractivity contribution is 0.0879. The summed E-state index contributed by atoms with van der Waals surface area (Å²) in [5, 5.41) is 12.7. The molecule has 0 aliphatic carbocycles. The second-order valence-corrected chi connectivity index (χ2v) is 5.35. The topological polar surface area (TPSA) is 81.8 Å². The molecule has 1 atom stereocenters. The third-order valence-electron chi connectivity index (χ3n) is 3.79. The van der Waals surface area contributed by atoms with Crippen LogP contribution in [0.15, 0.2) is 18.2 Å². The monoisotopic (exact) mass is 278 g/mol. The minimum absolute atomic E-state index is 0.154. The lowest BCUT2D eigenvalue weighted by Gasteiger charge is -2.37. The van der Waals surface area contributed by atoms with Gasteiger partial charge in [-0.15, -0.1) is 0 Å². The molecule has 0 bridgehead atoms. The van der Waals surface area contributed by atoms with Crippen molar-refractivity contribution in [3.05, 3.63) is 23.8 Å². The molecule has 1 fully saturated rings. The van der Waals surface area contributed by atoms with Crippen LogP contribution in [0.2, 0.25) is 0 Å². The smallest absolute Gasteiger partial charge is 0.255 e. The number of carbonyl (C=O) groups is 1. The summed E-state index contributed by atoms with van der Waals surface area (Å²) in [5.74, 6) is -0.449. The van der Waals surface area contributed by atoms with Crippen LogP contribution in [0.4, 0.5) is 5.69 Å². The quantitative estimate of drug-likeness (QED) is 0.533. The summed E-state index contributed by atoms with van der Waals surface area (Å²) < 4.78 is 0. The summed E-state index contributed by atoms with van der Waals surface area (Å²) >= 11 is 0. The van der Waals surface area contributed by atoms with Crippen molar-refractivity contribution in [2.45, 2.75) is 6.04 Å². The number of piperazine rings is 1. The Labute approximate surface area is 119 Å². The van der Waals surface area contributed by atoms with Crippen LogP contribution < -0.4 is 11.1 Å². The molecule has 1 aliphatic rings. The fourth-order valence-electron chi connectivity index (χ4n) is 2.37. The van der Waals surface area contributed by atoms with Crippen LogP contribution in [0.1, 0.15) is 10.4 Å². The first kappa shape index (κ1) is 14.6. The predicted molar refractivity (Wildman–Crippen MR) is 78.8 cm³/mol. The maximum absolute atomic E-state index is 12.1. The fraction of sp³-hybridized carbons (Fsp3) is 0.500. The number of phenolic OH excluding ortho intramolecular Hbond substituents is 1. The third-order valence-corrected chi connectivity index (χ3v) is 3.79. The largest absolute Gasteiger partial charge is 0.505 e. The van der Waals surface area contributed by atoms with Gasteiger partial charge in [0.05, 0.1) is 11.3 Å². The molecule has 1 aliphatic heterocycles. The zero-order valence-electron chi connectivity index (χ0n) is 12.0. The zero-order chi connectivity index (χ0) is 14.7. The van der Waals surface area contributed by atoms with E-state index in [9.17, 15) is 9.90 Å². The number of likely N-dealkylation sites (N-methyl/N-ethyl adjacent to an activating group) is 2. The lowest BCUT2D eigenvalue weighted by atomic mass is 10.1. The first-order valence-corrected chi connectivity index (χ1v) is 6.73. The van der Waals surface area contributed by atoms with Gasteiger partial charge in [-0.2, -0.15) is 0 Å². The van der Waals surface area contributed by atoms with E-state index in [1.54, 1.807) is 18.2 Å². The molecule has 6 nitrogen and oxygen atoms in total. The Kier molecular flexibility index (Phi) is 4.46. The molecular weight excluding hydrogens is 256 g/mol. The highest BCUT2D eigenvalue weighted by Gasteiger charge is 2.23. The van der Waals surface area contributed by atoms with Gasteiger partial charge in [-0.3, -0.25) is 9.69 Å². The van der Waals surface area contributed by atoms with Crippen LogP contribution in [-0.4, -0.2) is 67.1 Å². The molecule has 1 aromatic carbocycles. The molecule has 1 amide bonds. The van der Waals surface area contributed by atoms with E-state index in [1.807, 2.05) is 0 Å². The molecular formula is C14H22N4O2. The molecule has 0 saturated carbocycles. The van der Waals surface area contributed by atoms with Gasteiger partial charge in [-0.25, -0.2) is 0 Å². The number of phenols is 1. The third kappa shape index (κ3) is 3.20. The number of carbonyl (C=O) groups excluding carboxylic acids is 1. The number of hydrogen-bond donors (Lipinski definition) is 3. The Morgan fingerprint density at radius 1 is 1.45 bits per heavy atom. The number of benzene rings is 1. The molecule has 0 aromatic heterocycles. The SMILES string of the molecule is CN1CCN(C)C(CNC(=O)c2cccc(N)c2O)C1. The molecule has 0 spiro atoms. The molecule has 0 radical (unpaired) electrons. The van der Waals surface area contributed by atoms with E-state index in [4.69, 9.17) is 5.73 Å². The van der Waals surface area contributed by atoms with E-state index >= 15 is 0 Å². The highest BCUT2D eigenvalue weighted by Crippen LogP contribution is 2.24. The molecule has 20 heavy (non-hydrogen) atoms. The van der Waals surface area contributed by atoms with E-state index in [-0.39, 0.29) is 28.9 Å². The summed E-state index contributed by atoms with van der Waals surface area (Å²) in [6.07, 6.45) is 0. The number of hydrogen-bond acceptors (Lipinski definition) is 5. The maximum Gasteiger partial charge on any atom is 0.255 e. The van der Waals surface area contributed by atoms with Crippen molar-refractivity contribution >= 4 is 11.6 Å². The van der Waals surface area contributed by atoms with Crippen LogP contribution in [-0.2, 0) is 0 Å². The van der Waals surface area contributed by atoms with Crippen molar-refractivity contribution in [3.63, 3.8) is 0 Å². The highest BCUT2D eigenvalue weighted by molar-refractivity contribution is 5.98. The first-order valence-electron chi connectivity index (χ1n) is 6.73. The Bertz CT molecular complexity index is 492. The zero-order valence-corrected chi connectivity index (χ0v) is 12.0. The molecule has 110 valence electrons. The first-order chi connectivity index (χ1) is 9.49. The fourth-order valence-corrected chi connectivity index (χ4v) is 2.37. The van der Waals surface area contributed by atoms with Crippen molar-refractivity contribution in [3.8, 4) is 5.75 Å². The van der Waals surface area contributed by atoms with Crippen molar-refractivity contribution in [2.75, 3.05) is 46.0 Å². The molecule has 1 saturated heterocycles. The minimum Gasteiger partial charge on any atom is -0.505 e. The Morgan fingerprint density at radius 2 is 2.20 bits per heavy atom. The van der Waals surface area contributed by atoms with E-state index in [0.717, 1.165) is 19.6 Å². The van der Waals surface area contributed by atoms with E-state index < -0.39 is 0 Å². The molecule has 4 N–H and O–H groups in total. The number of para-hydroxylation sites is 1. The molecule has 6 heteroatoms. The van der Waals surface area contributed by atoms with Gasteiger partial charge in [0, 0.05) is 32.2 Å². The van der Waals surface area contributed by atoms with Crippen LogP contribution >= 0.6 is 0 Å². The Balaban J connectivity index is 1.96. The number of nitrogens with one attached hydrogen (secondary N) is 1. The van der Waals surface area contributed by atoms with Gasteiger partial charge in [-0.1, -0.05) is 6.07 Å². The Morgan fingerprint density at radius 3 is 2.95 bits per heavy atom. The van der Waals surface area contributed by atoms with Gasteiger partial charge >= 0.3 is 0 Å². The molecule has 1 heterocycles.